The van der Waals surface area contributed by atoms with Crippen molar-refractivity contribution in [3.05, 3.63) is 53.4 Å². The number of hydrogen-bond acceptors (Lipinski definition) is 2. The van der Waals surface area contributed by atoms with Crippen molar-refractivity contribution in [3.63, 3.8) is 0 Å². The van der Waals surface area contributed by atoms with Crippen LogP contribution in [0.3, 0.4) is 0 Å². The van der Waals surface area contributed by atoms with Gasteiger partial charge >= 0.3 is 0 Å². The molecule has 13 heavy (non-hydrogen) atoms. The molecule has 2 rings (SSSR count). The molecule has 2 aromatic rings. The van der Waals surface area contributed by atoms with Gasteiger partial charge in [0.25, 0.3) is 0 Å². The third kappa shape index (κ3) is 2.33. The van der Waals surface area contributed by atoms with Gasteiger partial charge in [0.05, 0.1) is 5.00 Å². The molecule has 66 valence electrons. The molecule has 1 heterocycles. The minimum absolute atomic E-state index is 0.904. The summed E-state index contributed by atoms with van der Waals surface area (Å²) in [6, 6.07) is 14.6. The summed E-state index contributed by atoms with van der Waals surface area (Å²) in [6.07, 6.45) is 0. The molecule has 2 heteroatoms. The van der Waals surface area contributed by atoms with Gasteiger partial charge in [-0.15, -0.1) is 11.3 Å². The number of benzene rings is 1. The third-order valence-electron chi connectivity index (χ3n) is 1.83. The second-order valence-corrected chi connectivity index (χ2v) is 3.76. The highest BCUT2D eigenvalue weighted by Gasteiger charge is 1.92. The highest BCUT2D eigenvalue weighted by Crippen LogP contribution is 2.15. The topological polar surface area (TPSA) is 12.0 Å². The molecule has 0 atom stereocenters. The molecule has 0 aliphatic carbocycles. The Kier molecular flexibility index (Phi) is 2.62. The van der Waals surface area contributed by atoms with Gasteiger partial charge in [0.1, 0.15) is 0 Å². The molecule has 0 radical (unpaired) electrons. The van der Waals surface area contributed by atoms with E-state index in [2.05, 4.69) is 47.1 Å². The molecule has 0 aliphatic rings. The zero-order valence-corrected chi connectivity index (χ0v) is 8.05. The van der Waals surface area contributed by atoms with Crippen LogP contribution in [-0.4, -0.2) is 0 Å². The first-order chi connectivity index (χ1) is 6.45. The number of rotatable bonds is 3. The lowest BCUT2D eigenvalue weighted by atomic mass is 10.2. The minimum Gasteiger partial charge on any atom is -0.373 e. The van der Waals surface area contributed by atoms with E-state index in [0.29, 0.717) is 0 Å². The average Bonchev–Trinajstić information content (AvgIpc) is 2.69. The molecule has 0 saturated heterocycles. The van der Waals surface area contributed by atoms with E-state index in [4.69, 9.17) is 0 Å². The van der Waals surface area contributed by atoms with Crippen LogP contribution in [0.5, 0.6) is 0 Å². The lowest BCUT2D eigenvalue weighted by molar-refractivity contribution is 1.16. The Balaban J connectivity index is 1.94. The summed E-state index contributed by atoms with van der Waals surface area (Å²) < 4.78 is 0. The number of hydrogen-bond donors (Lipinski definition) is 1. The first-order valence-electron chi connectivity index (χ1n) is 4.26. The summed E-state index contributed by atoms with van der Waals surface area (Å²) in [5.41, 5.74) is 1.32. The van der Waals surface area contributed by atoms with Crippen LogP contribution in [0.25, 0.3) is 0 Å². The van der Waals surface area contributed by atoms with E-state index in [-0.39, 0.29) is 0 Å². The van der Waals surface area contributed by atoms with Crippen molar-refractivity contribution >= 4 is 16.3 Å². The predicted molar refractivity (Wildman–Crippen MR) is 58.1 cm³/mol. The van der Waals surface area contributed by atoms with Crippen molar-refractivity contribution in [1.82, 2.24) is 0 Å². The fourth-order valence-electron chi connectivity index (χ4n) is 1.16. The van der Waals surface area contributed by atoms with Gasteiger partial charge in [-0.05, 0) is 23.1 Å². The van der Waals surface area contributed by atoms with Crippen molar-refractivity contribution in [3.8, 4) is 0 Å². The van der Waals surface area contributed by atoms with Gasteiger partial charge in [-0.2, -0.15) is 0 Å². The molecule has 0 amide bonds. The smallest absolute Gasteiger partial charge is 0.0885 e. The molecule has 1 nitrogen and oxygen atoms in total. The van der Waals surface area contributed by atoms with E-state index in [1.807, 2.05) is 6.07 Å². The maximum Gasteiger partial charge on any atom is 0.0885 e. The second-order valence-electron chi connectivity index (χ2n) is 2.82. The Hall–Kier alpha value is -1.28. The van der Waals surface area contributed by atoms with E-state index in [9.17, 15) is 0 Å². The number of anilines is 1. The Morgan fingerprint density at radius 2 is 1.85 bits per heavy atom. The fourth-order valence-corrected chi connectivity index (χ4v) is 1.78. The van der Waals surface area contributed by atoms with Gasteiger partial charge in [0, 0.05) is 6.54 Å². The Bertz CT molecular complexity index is 340. The molecule has 0 saturated carbocycles. The van der Waals surface area contributed by atoms with Crippen LogP contribution >= 0.6 is 11.3 Å². The quantitative estimate of drug-likeness (QED) is 0.780. The third-order valence-corrected chi connectivity index (χ3v) is 2.66. The zero-order chi connectivity index (χ0) is 8.93. The Morgan fingerprint density at radius 3 is 2.54 bits per heavy atom. The molecular weight excluding hydrogens is 178 g/mol. The van der Waals surface area contributed by atoms with Gasteiger partial charge in [-0.3, -0.25) is 0 Å². The summed E-state index contributed by atoms with van der Waals surface area (Å²) >= 11 is 1.73. The summed E-state index contributed by atoms with van der Waals surface area (Å²) in [7, 11) is 0. The maximum atomic E-state index is 3.36. The van der Waals surface area contributed by atoms with Crippen LogP contribution in [0.15, 0.2) is 47.8 Å². The zero-order valence-electron chi connectivity index (χ0n) is 7.23. The van der Waals surface area contributed by atoms with Gasteiger partial charge in [-0.25, -0.2) is 0 Å². The number of nitrogens with one attached hydrogen (secondary N) is 1. The van der Waals surface area contributed by atoms with Crippen LogP contribution in [0.1, 0.15) is 5.56 Å². The highest BCUT2D eigenvalue weighted by atomic mass is 32.1. The van der Waals surface area contributed by atoms with Gasteiger partial charge < -0.3 is 5.32 Å². The normalized spacial score (nSPS) is 9.85. The number of thiophene rings is 1. The van der Waals surface area contributed by atoms with E-state index >= 15 is 0 Å². The molecule has 0 unspecified atom stereocenters. The van der Waals surface area contributed by atoms with Crippen LogP contribution < -0.4 is 5.32 Å². The molecule has 0 spiro atoms. The van der Waals surface area contributed by atoms with E-state index in [0.717, 1.165) is 6.54 Å². The summed E-state index contributed by atoms with van der Waals surface area (Å²) in [6.45, 7) is 0.904. The van der Waals surface area contributed by atoms with Crippen molar-refractivity contribution in [2.45, 2.75) is 6.54 Å². The van der Waals surface area contributed by atoms with Crippen molar-refractivity contribution in [2.24, 2.45) is 0 Å². The maximum absolute atomic E-state index is 3.36. The molecule has 0 aliphatic heterocycles. The lowest BCUT2D eigenvalue weighted by Gasteiger charge is -2.02. The minimum atomic E-state index is 0.904. The predicted octanol–water partition coefficient (Wildman–Crippen LogP) is 3.36. The fraction of sp³-hybridized carbons (Fsp3) is 0.0909. The van der Waals surface area contributed by atoms with Crippen LogP contribution in [0.2, 0.25) is 0 Å². The highest BCUT2D eigenvalue weighted by molar-refractivity contribution is 7.14. The molecule has 1 aromatic heterocycles. The molecular formula is C11H11NS. The van der Waals surface area contributed by atoms with Gasteiger partial charge in [-0.1, -0.05) is 30.3 Å². The average molecular weight is 189 g/mol. The van der Waals surface area contributed by atoms with E-state index < -0.39 is 0 Å². The van der Waals surface area contributed by atoms with Crippen LogP contribution in [0.4, 0.5) is 5.00 Å². The van der Waals surface area contributed by atoms with Gasteiger partial charge in [0.2, 0.25) is 0 Å². The SMILES string of the molecule is c1ccc(CNc2cccs2)cc1. The van der Waals surface area contributed by atoms with Crippen LogP contribution in [-0.2, 0) is 6.54 Å². The van der Waals surface area contributed by atoms with Crippen molar-refractivity contribution in [2.75, 3.05) is 5.32 Å². The lowest BCUT2D eigenvalue weighted by Crippen LogP contribution is -1.96. The second kappa shape index (κ2) is 4.10. The van der Waals surface area contributed by atoms with E-state index in [1.165, 1.54) is 10.6 Å². The van der Waals surface area contributed by atoms with E-state index in [1.54, 1.807) is 11.3 Å². The van der Waals surface area contributed by atoms with Gasteiger partial charge in [0.15, 0.2) is 0 Å². The first kappa shape index (κ1) is 8.32. The Labute approximate surface area is 82.0 Å². The van der Waals surface area contributed by atoms with Crippen molar-refractivity contribution in [1.29, 1.82) is 0 Å². The first-order valence-corrected chi connectivity index (χ1v) is 5.14. The summed E-state index contributed by atoms with van der Waals surface area (Å²) in [4.78, 5) is 0. The summed E-state index contributed by atoms with van der Waals surface area (Å²) in [5.74, 6) is 0. The largest absolute Gasteiger partial charge is 0.373 e. The summed E-state index contributed by atoms with van der Waals surface area (Å²) in [5, 5.41) is 6.66. The monoisotopic (exact) mass is 189 g/mol. The standard InChI is InChI=1S/C11H11NS/c1-2-5-10(6-3-1)9-12-11-7-4-8-13-11/h1-8,12H,9H2. The molecule has 1 aromatic carbocycles. The van der Waals surface area contributed by atoms with Crippen molar-refractivity contribution < 1.29 is 0 Å². The van der Waals surface area contributed by atoms with Crippen LogP contribution in [0, 0.1) is 0 Å². The Morgan fingerprint density at radius 1 is 1.00 bits per heavy atom. The molecule has 1 N–H and O–H groups in total. The molecule has 0 fully saturated rings. The molecule has 0 bridgehead atoms.